The summed E-state index contributed by atoms with van der Waals surface area (Å²) < 4.78 is 9.13. The molecule has 0 amide bonds. The molecule has 0 aliphatic carbocycles. The molecule has 0 aromatic heterocycles. The number of hydrogen-bond donors (Lipinski definition) is 0. The van der Waals surface area contributed by atoms with Crippen LogP contribution in [0.25, 0.3) is 0 Å². The van der Waals surface area contributed by atoms with Crippen molar-refractivity contribution in [1.29, 1.82) is 0 Å². The fraction of sp³-hybridized carbons (Fsp3) is 0.333. The average Bonchev–Trinajstić information content (AvgIpc) is 2.36. The minimum atomic E-state index is -0.982. The highest BCUT2D eigenvalue weighted by atomic mass is 35.5. The second-order valence-corrected chi connectivity index (χ2v) is 3.80. The van der Waals surface area contributed by atoms with Crippen molar-refractivity contribution < 1.29 is 19.1 Å². The van der Waals surface area contributed by atoms with Crippen LogP contribution in [0.5, 0.6) is 0 Å². The van der Waals surface area contributed by atoms with Crippen LogP contribution < -0.4 is 0 Å². The standard InChI is InChI=1S/C12H13ClO4/c1-16-11(14)9(12(15)17-2)7-8-5-3-4-6-10(8)13/h3-6,9H,7H2,1-2H3. The van der Waals surface area contributed by atoms with Crippen molar-refractivity contribution in [3.05, 3.63) is 34.9 Å². The van der Waals surface area contributed by atoms with Crippen LogP contribution in [0.1, 0.15) is 5.56 Å². The van der Waals surface area contributed by atoms with E-state index < -0.39 is 17.9 Å². The summed E-state index contributed by atoms with van der Waals surface area (Å²) in [7, 11) is 2.45. The van der Waals surface area contributed by atoms with Gasteiger partial charge in [0.05, 0.1) is 14.2 Å². The van der Waals surface area contributed by atoms with E-state index in [0.29, 0.717) is 10.6 Å². The van der Waals surface area contributed by atoms with Crippen molar-refractivity contribution in [3.63, 3.8) is 0 Å². The van der Waals surface area contributed by atoms with Gasteiger partial charge in [-0.05, 0) is 18.1 Å². The van der Waals surface area contributed by atoms with Crippen molar-refractivity contribution in [2.45, 2.75) is 6.42 Å². The molecule has 0 heterocycles. The van der Waals surface area contributed by atoms with Gasteiger partial charge in [0.2, 0.25) is 0 Å². The lowest BCUT2D eigenvalue weighted by Crippen LogP contribution is -2.28. The molecule has 1 rings (SSSR count). The third kappa shape index (κ3) is 3.46. The molecule has 0 bridgehead atoms. The Bertz CT molecular complexity index is 401. The number of rotatable bonds is 4. The molecular weight excluding hydrogens is 244 g/mol. The largest absolute Gasteiger partial charge is 0.468 e. The Morgan fingerprint density at radius 3 is 2.18 bits per heavy atom. The molecule has 0 aliphatic heterocycles. The highest BCUT2D eigenvalue weighted by molar-refractivity contribution is 6.31. The third-order valence-electron chi connectivity index (χ3n) is 2.35. The summed E-state index contributed by atoms with van der Waals surface area (Å²) in [5.74, 6) is -2.24. The zero-order valence-corrected chi connectivity index (χ0v) is 10.4. The Morgan fingerprint density at radius 1 is 1.18 bits per heavy atom. The predicted octanol–water partition coefficient (Wildman–Crippen LogP) is 1.84. The SMILES string of the molecule is COC(=O)C(Cc1ccccc1Cl)C(=O)OC. The second-order valence-electron chi connectivity index (χ2n) is 3.39. The molecule has 0 spiro atoms. The number of benzene rings is 1. The molecule has 0 N–H and O–H groups in total. The van der Waals surface area contributed by atoms with Crippen molar-refractivity contribution in [1.82, 2.24) is 0 Å². The number of carbonyl (C=O) groups is 2. The predicted molar refractivity (Wildman–Crippen MR) is 62.7 cm³/mol. The third-order valence-corrected chi connectivity index (χ3v) is 2.72. The van der Waals surface area contributed by atoms with Crippen LogP contribution in [0.4, 0.5) is 0 Å². The molecule has 1 aromatic carbocycles. The Hall–Kier alpha value is -1.55. The van der Waals surface area contributed by atoms with Gasteiger partial charge in [-0.2, -0.15) is 0 Å². The lowest BCUT2D eigenvalue weighted by molar-refractivity contribution is -0.158. The highest BCUT2D eigenvalue weighted by Gasteiger charge is 2.29. The Balaban J connectivity index is 2.91. The number of halogens is 1. The maximum absolute atomic E-state index is 11.5. The number of methoxy groups -OCH3 is 2. The van der Waals surface area contributed by atoms with Gasteiger partial charge in [-0.3, -0.25) is 9.59 Å². The Kier molecular flexibility index (Phi) is 4.97. The fourth-order valence-corrected chi connectivity index (χ4v) is 1.64. The molecule has 0 saturated heterocycles. The first kappa shape index (κ1) is 13.5. The van der Waals surface area contributed by atoms with Crippen LogP contribution >= 0.6 is 11.6 Å². The molecule has 0 fully saturated rings. The molecule has 0 aliphatic rings. The monoisotopic (exact) mass is 256 g/mol. The zero-order valence-electron chi connectivity index (χ0n) is 9.60. The maximum Gasteiger partial charge on any atom is 0.320 e. The summed E-state index contributed by atoms with van der Waals surface area (Å²) in [6.07, 6.45) is 0.166. The maximum atomic E-state index is 11.5. The van der Waals surface area contributed by atoms with Gasteiger partial charge in [-0.25, -0.2) is 0 Å². The lowest BCUT2D eigenvalue weighted by atomic mass is 9.99. The first-order valence-electron chi connectivity index (χ1n) is 4.99. The Morgan fingerprint density at radius 2 is 1.71 bits per heavy atom. The minimum absolute atomic E-state index is 0.166. The van der Waals surface area contributed by atoms with Gasteiger partial charge in [-0.15, -0.1) is 0 Å². The summed E-state index contributed by atoms with van der Waals surface area (Å²) >= 11 is 5.96. The summed E-state index contributed by atoms with van der Waals surface area (Å²) in [5.41, 5.74) is 0.704. The van der Waals surface area contributed by atoms with E-state index in [-0.39, 0.29) is 6.42 Å². The number of hydrogen-bond acceptors (Lipinski definition) is 4. The van der Waals surface area contributed by atoms with E-state index in [2.05, 4.69) is 9.47 Å². The minimum Gasteiger partial charge on any atom is -0.468 e. The van der Waals surface area contributed by atoms with Gasteiger partial charge < -0.3 is 9.47 Å². The molecular formula is C12H13ClO4. The number of carbonyl (C=O) groups excluding carboxylic acids is 2. The van der Waals surface area contributed by atoms with E-state index >= 15 is 0 Å². The summed E-state index contributed by atoms with van der Waals surface area (Å²) in [5, 5.41) is 0.505. The Labute approximate surface area is 104 Å². The van der Waals surface area contributed by atoms with Gasteiger partial charge >= 0.3 is 11.9 Å². The van der Waals surface area contributed by atoms with Crippen LogP contribution in [0.15, 0.2) is 24.3 Å². The molecule has 17 heavy (non-hydrogen) atoms. The van der Waals surface area contributed by atoms with Crippen LogP contribution in [0.3, 0.4) is 0 Å². The van der Waals surface area contributed by atoms with Crippen molar-refractivity contribution in [2.75, 3.05) is 14.2 Å². The molecule has 1 aromatic rings. The smallest absolute Gasteiger partial charge is 0.320 e. The second kappa shape index (κ2) is 6.25. The summed E-state index contributed by atoms with van der Waals surface area (Å²) in [4.78, 5) is 22.9. The number of ether oxygens (including phenoxy) is 2. The molecule has 5 heteroatoms. The van der Waals surface area contributed by atoms with Gasteiger partial charge in [0, 0.05) is 5.02 Å². The van der Waals surface area contributed by atoms with Crippen LogP contribution in [-0.4, -0.2) is 26.2 Å². The molecule has 0 unspecified atom stereocenters. The van der Waals surface area contributed by atoms with E-state index in [0.717, 1.165) is 0 Å². The molecule has 0 radical (unpaired) electrons. The lowest BCUT2D eigenvalue weighted by Gasteiger charge is -2.13. The highest BCUT2D eigenvalue weighted by Crippen LogP contribution is 2.20. The van der Waals surface area contributed by atoms with Crippen LogP contribution in [-0.2, 0) is 25.5 Å². The molecule has 0 atom stereocenters. The molecule has 92 valence electrons. The van der Waals surface area contributed by atoms with Gasteiger partial charge in [0.1, 0.15) is 0 Å². The quantitative estimate of drug-likeness (QED) is 0.609. The summed E-state index contributed by atoms with van der Waals surface area (Å²) in [6.45, 7) is 0. The first-order valence-corrected chi connectivity index (χ1v) is 5.37. The molecule has 4 nitrogen and oxygen atoms in total. The topological polar surface area (TPSA) is 52.6 Å². The summed E-state index contributed by atoms with van der Waals surface area (Å²) in [6, 6.07) is 7.01. The van der Waals surface area contributed by atoms with E-state index in [4.69, 9.17) is 11.6 Å². The van der Waals surface area contributed by atoms with Gasteiger partial charge in [0.15, 0.2) is 5.92 Å². The van der Waals surface area contributed by atoms with Crippen molar-refractivity contribution >= 4 is 23.5 Å². The van der Waals surface area contributed by atoms with E-state index in [9.17, 15) is 9.59 Å². The van der Waals surface area contributed by atoms with Crippen molar-refractivity contribution in [2.24, 2.45) is 5.92 Å². The van der Waals surface area contributed by atoms with E-state index in [1.54, 1.807) is 24.3 Å². The van der Waals surface area contributed by atoms with Crippen molar-refractivity contribution in [3.8, 4) is 0 Å². The normalized spacial score (nSPS) is 10.1. The van der Waals surface area contributed by atoms with Crippen LogP contribution in [0, 0.1) is 5.92 Å². The van der Waals surface area contributed by atoms with Crippen LogP contribution in [0.2, 0.25) is 5.02 Å². The average molecular weight is 257 g/mol. The van der Waals surface area contributed by atoms with Gasteiger partial charge in [0.25, 0.3) is 0 Å². The zero-order chi connectivity index (χ0) is 12.8. The fourth-order valence-electron chi connectivity index (χ4n) is 1.43. The number of esters is 2. The van der Waals surface area contributed by atoms with Gasteiger partial charge in [-0.1, -0.05) is 29.8 Å². The van der Waals surface area contributed by atoms with E-state index in [1.807, 2.05) is 0 Å². The first-order chi connectivity index (χ1) is 8.10. The molecule has 0 saturated carbocycles. The van der Waals surface area contributed by atoms with E-state index in [1.165, 1.54) is 14.2 Å².